The summed E-state index contributed by atoms with van der Waals surface area (Å²) in [5.41, 5.74) is -3.59. The highest BCUT2D eigenvalue weighted by atomic mass is 35.5. The van der Waals surface area contributed by atoms with Crippen LogP contribution >= 0.6 is 11.6 Å². The Morgan fingerprint density at radius 1 is 1.32 bits per heavy atom. The van der Waals surface area contributed by atoms with Crippen LogP contribution in [0.3, 0.4) is 0 Å². The molecule has 0 bridgehead atoms. The molecule has 9 heteroatoms. The van der Waals surface area contributed by atoms with Crippen LogP contribution in [0, 0.1) is 6.92 Å². The quantitative estimate of drug-likeness (QED) is 0.836. The normalized spacial score (nSPS) is 13.0. The molecule has 0 unspecified atom stereocenters. The molecule has 22 heavy (non-hydrogen) atoms. The lowest BCUT2D eigenvalue weighted by Crippen LogP contribution is -2.37. The molecule has 122 valence electrons. The molecule has 0 saturated heterocycles. The van der Waals surface area contributed by atoms with Crippen molar-refractivity contribution in [1.29, 1.82) is 0 Å². The molecule has 0 saturated carbocycles. The summed E-state index contributed by atoms with van der Waals surface area (Å²) in [6.07, 6.45) is 0.213. The second-order valence-corrected chi connectivity index (χ2v) is 6.98. The zero-order chi connectivity index (χ0) is 16.5. The van der Waals surface area contributed by atoms with Crippen molar-refractivity contribution in [3.05, 3.63) is 35.0 Å². The molecule has 0 fully saturated rings. The summed E-state index contributed by atoms with van der Waals surface area (Å²) in [6.45, 7) is 1.92. The summed E-state index contributed by atoms with van der Waals surface area (Å²) in [6, 6.07) is 7.34. The number of nitrogens with zero attached hydrogens (tertiary/aromatic N) is 1. The first-order valence-electron chi connectivity index (χ1n) is 6.44. The van der Waals surface area contributed by atoms with E-state index in [4.69, 9.17) is 11.6 Å². The smallest absolute Gasteiger partial charge is 0.344 e. The molecule has 0 aliphatic carbocycles. The number of aryl methyl sites for hydroxylation is 2. The van der Waals surface area contributed by atoms with Gasteiger partial charge in [-0.15, -0.1) is 0 Å². The third-order valence-corrected chi connectivity index (χ3v) is 4.73. The summed E-state index contributed by atoms with van der Waals surface area (Å²) in [4.78, 5) is 0. The van der Waals surface area contributed by atoms with E-state index in [1.807, 2.05) is 29.7 Å². The molecular formula is C13H14ClF3N2O2S. The first kappa shape index (κ1) is 17.1. The number of rotatable bonds is 5. The fourth-order valence-electron chi connectivity index (χ4n) is 2.23. The second-order valence-electron chi connectivity index (χ2n) is 4.81. The van der Waals surface area contributed by atoms with Gasteiger partial charge in [-0.3, -0.25) is 0 Å². The first-order chi connectivity index (χ1) is 10.1. The number of para-hydroxylation sites is 1. The minimum atomic E-state index is -5.29. The summed E-state index contributed by atoms with van der Waals surface area (Å²) < 4.78 is 61.7. The molecule has 2 rings (SSSR count). The third kappa shape index (κ3) is 3.39. The highest BCUT2D eigenvalue weighted by molar-refractivity contribution is 7.90. The van der Waals surface area contributed by atoms with Crippen LogP contribution in [0.5, 0.6) is 0 Å². The Balaban J connectivity index is 2.06. The Kier molecular flexibility index (Phi) is 4.74. The maximum atomic E-state index is 12.2. The van der Waals surface area contributed by atoms with Gasteiger partial charge in [0.2, 0.25) is 0 Å². The zero-order valence-corrected chi connectivity index (χ0v) is 13.2. The molecular weight excluding hydrogens is 341 g/mol. The number of hydrogen-bond donors (Lipinski definition) is 1. The molecule has 4 nitrogen and oxygen atoms in total. The largest absolute Gasteiger partial charge is 0.511 e. The minimum absolute atomic E-state index is 0.213. The van der Waals surface area contributed by atoms with Crippen molar-refractivity contribution in [2.75, 3.05) is 6.54 Å². The SMILES string of the molecule is Cc1cc2cccc(Cl)c2n1CCCNS(=O)(=O)C(F)(F)F. The number of aromatic nitrogens is 1. The molecule has 0 amide bonds. The van der Waals surface area contributed by atoms with Gasteiger partial charge in [0.15, 0.2) is 0 Å². The predicted octanol–water partition coefficient (Wildman–Crippen LogP) is 3.43. The van der Waals surface area contributed by atoms with Crippen LogP contribution in [-0.4, -0.2) is 25.0 Å². The molecule has 1 aromatic heterocycles. The number of hydrogen-bond acceptors (Lipinski definition) is 2. The van der Waals surface area contributed by atoms with E-state index in [0.29, 0.717) is 11.6 Å². The van der Waals surface area contributed by atoms with Crippen molar-refractivity contribution in [2.45, 2.75) is 25.4 Å². The van der Waals surface area contributed by atoms with E-state index in [2.05, 4.69) is 0 Å². The van der Waals surface area contributed by atoms with Gasteiger partial charge in [-0.05, 0) is 25.5 Å². The van der Waals surface area contributed by atoms with Gasteiger partial charge in [0.05, 0.1) is 10.5 Å². The summed E-state index contributed by atoms with van der Waals surface area (Å²) >= 11 is 6.14. The Labute approximate surface area is 130 Å². The number of alkyl halides is 3. The third-order valence-electron chi connectivity index (χ3n) is 3.23. The maximum Gasteiger partial charge on any atom is 0.511 e. The van der Waals surface area contributed by atoms with Crippen molar-refractivity contribution in [1.82, 2.24) is 9.29 Å². The molecule has 0 radical (unpaired) electrons. The molecule has 0 aliphatic heterocycles. The standard InChI is InChI=1S/C13H14ClF3N2O2S/c1-9-8-10-4-2-5-11(14)12(10)19(9)7-3-6-18-22(20,21)13(15,16)17/h2,4-5,8,18H,3,6-7H2,1H3. The van der Waals surface area contributed by atoms with E-state index in [-0.39, 0.29) is 13.0 Å². The lowest BCUT2D eigenvalue weighted by Gasteiger charge is -2.11. The average molecular weight is 355 g/mol. The van der Waals surface area contributed by atoms with Gasteiger partial charge in [0, 0.05) is 24.2 Å². The van der Waals surface area contributed by atoms with Crippen LogP contribution in [0.2, 0.25) is 5.02 Å². The number of halogens is 4. The van der Waals surface area contributed by atoms with Gasteiger partial charge < -0.3 is 4.57 Å². The first-order valence-corrected chi connectivity index (χ1v) is 8.30. The molecule has 2 aromatic rings. The number of sulfonamides is 1. The van der Waals surface area contributed by atoms with Gasteiger partial charge in [-0.2, -0.15) is 13.2 Å². The highest BCUT2D eigenvalue weighted by Crippen LogP contribution is 2.27. The van der Waals surface area contributed by atoms with E-state index >= 15 is 0 Å². The van der Waals surface area contributed by atoms with Gasteiger partial charge in [0.25, 0.3) is 0 Å². The maximum absolute atomic E-state index is 12.2. The monoisotopic (exact) mass is 354 g/mol. The van der Waals surface area contributed by atoms with E-state index in [1.54, 1.807) is 10.8 Å². The lowest BCUT2D eigenvalue weighted by molar-refractivity contribution is -0.0447. The number of fused-ring (bicyclic) bond motifs is 1. The Morgan fingerprint density at radius 2 is 2.00 bits per heavy atom. The minimum Gasteiger partial charge on any atom is -0.344 e. The summed E-state index contributed by atoms with van der Waals surface area (Å²) in [5.74, 6) is 0. The van der Waals surface area contributed by atoms with Crippen LogP contribution in [0.4, 0.5) is 13.2 Å². The van der Waals surface area contributed by atoms with Crippen LogP contribution in [0.25, 0.3) is 10.9 Å². The van der Waals surface area contributed by atoms with Crippen molar-refractivity contribution in [2.24, 2.45) is 0 Å². The van der Waals surface area contributed by atoms with Crippen LogP contribution in [-0.2, 0) is 16.6 Å². The fraction of sp³-hybridized carbons (Fsp3) is 0.385. The van der Waals surface area contributed by atoms with Crippen molar-refractivity contribution < 1.29 is 21.6 Å². The van der Waals surface area contributed by atoms with E-state index in [1.165, 1.54) is 0 Å². The van der Waals surface area contributed by atoms with Crippen LogP contribution in [0.15, 0.2) is 24.3 Å². The van der Waals surface area contributed by atoms with E-state index in [0.717, 1.165) is 16.6 Å². The Morgan fingerprint density at radius 3 is 2.64 bits per heavy atom. The zero-order valence-electron chi connectivity index (χ0n) is 11.6. The van der Waals surface area contributed by atoms with E-state index < -0.39 is 15.5 Å². The van der Waals surface area contributed by atoms with Crippen molar-refractivity contribution >= 4 is 32.5 Å². The average Bonchev–Trinajstić information content (AvgIpc) is 2.71. The summed E-state index contributed by atoms with van der Waals surface area (Å²) in [7, 11) is -5.28. The topological polar surface area (TPSA) is 51.1 Å². The summed E-state index contributed by atoms with van der Waals surface area (Å²) in [5, 5.41) is 1.47. The van der Waals surface area contributed by atoms with Crippen LogP contribution in [0.1, 0.15) is 12.1 Å². The second kappa shape index (κ2) is 6.10. The van der Waals surface area contributed by atoms with Gasteiger partial charge in [-0.1, -0.05) is 23.7 Å². The van der Waals surface area contributed by atoms with Crippen molar-refractivity contribution in [3.63, 3.8) is 0 Å². The molecule has 0 spiro atoms. The van der Waals surface area contributed by atoms with Gasteiger partial charge in [-0.25, -0.2) is 13.1 Å². The fourth-order valence-corrected chi connectivity index (χ4v) is 3.09. The Hall–Kier alpha value is -1.25. The van der Waals surface area contributed by atoms with Crippen LogP contribution < -0.4 is 4.72 Å². The molecule has 1 heterocycles. The highest BCUT2D eigenvalue weighted by Gasteiger charge is 2.45. The van der Waals surface area contributed by atoms with Gasteiger partial charge in [0.1, 0.15) is 0 Å². The van der Waals surface area contributed by atoms with Gasteiger partial charge >= 0.3 is 15.5 Å². The van der Waals surface area contributed by atoms with E-state index in [9.17, 15) is 21.6 Å². The van der Waals surface area contributed by atoms with Crippen molar-refractivity contribution in [3.8, 4) is 0 Å². The molecule has 0 atom stereocenters. The predicted molar refractivity (Wildman–Crippen MR) is 79.3 cm³/mol. The Bertz CT molecular complexity index is 784. The number of nitrogens with one attached hydrogen (secondary N) is 1. The molecule has 1 N–H and O–H groups in total. The molecule has 0 aliphatic rings. The molecule has 1 aromatic carbocycles. The number of benzene rings is 1. The lowest BCUT2D eigenvalue weighted by atomic mass is 10.2.